The van der Waals surface area contributed by atoms with Gasteiger partial charge in [0.05, 0.1) is 17.9 Å². The highest BCUT2D eigenvalue weighted by atomic mass is 16.1. The summed E-state index contributed by atoms with van der Waals surface area (Å²) in [4.78, 5) is 41.5. The molecule has 3 aromatic heterocycles. The number of imidazole rings is 1. The molecule has 9 heteroatoms. The van der Waals surface area contributed by atoms with Gasteiger partial charge in [-0.15, -0.1) is 0 Å². The first kappa shape index (κ1) is 19.2. The molecular formula is C21H19N7O2. The van der Waals surface area contributed by atoms with Crippen LogP contribution in [0.4, 0.5) is 5.95 Å². The molecule has 0 saturated heterocycles. The van der Waals surface area contributed by atoms with E-state index in [-0.39, 0.29) is 23.8 Å². The molecule has 0 aliphatic heterocycles. The molecule has 0 aliphatic rings. The highest BCUT2D eigenvalue weighted by molar-refractivity contribution is 5.99. The Kier molecular flexibility index (Phi) is 5.17. The predicted molar refractivity (Wildman–Crippen MR) is 112 cm³/mol. The second kappa shape index (κ2) is 8.08. The van der Waals surface area contributed by atoms with E-state index in [1.54, 1.807) is 37.6 Å². The Morgan fingerprint density at radius 2 is 1.87 bits per heavy atom. The maximum Gasteiger partial charge on any atom is 0.255 e. The average Bonchev–Trinajstić information content (AvgIpc) is 3.21. The summed E-state index contributed by atoms with van der Waals surface area (Å²) in [6, 6.07) is 10.3. The number of aryl methyl sites for hydroxylation is 1. The third-order valence-electron chi connectivity index (χ3n) is 4.68. The van der Waals surface area contributed by atoms with Crippen molar-refractivity contribution < 1.29 is 4.79 Å². The van der Waals surface area contributed by atoms with Gasteiger partial charge in [-0.2, -0.15) is 0 Å². The molecule has 3 heterocycles. The monoisotopic (exact) mass is 401 g/mol. The lowest BCUT2D eigenvalue weighted by molar-refractivity contribution is 0.101. The van der Waals surface area contributed by atoms with E-state index in [4.69, 9.17) is 0 Å². The van der Waals surface area contributed by atoms with E-state index in [1.165, 1.54) is 17.0 Å². The number of carbonyl (C=O) groups is 1. The predicted octanol–water partition coefficient (Wildman–Crippen LogP) is 2.03. The molecule has 0 amide bonds. The van der Waals surface area contributed by atoms with Crippen molar-refractivity contribution in [1.82, 2.24) is 29.1 Å². The van der Waals surface area contributed by atoms with Crippen LogP contribution in [0.5, 0.6) is 0 Å². The Labute approximate surface area is 172 Å². The van der Waals surface area contributed by atoms with Crippen LogP contribution < -0.4 is 10.9 Å². The summed E-state index contributed by atoms with van der Waals surface area (Å²) in [6.07, 6.45) is 6.56. The number of hydrogen-bond acceptors (Lipinski definition) is 7. The Bertz CT molecular complexity index is 1240. The number of aromatic nitrogens is 6. The van der Waals surface area contributed by atoms with E-state index in [1.807, 2.05) is 29.8 Å². The van der Waals surface area contributed by atoms with Gasteiger partial charge in [-0.3, -0.25) is 14.2 Å². The molecule has 0 bridgehead atoms. The second-order valence-corrected chi connectivity index (χ2v) is 6.62. The summed E-state index contributed by atoms with van der Waals surface area (Å²) in [5.74, 6) is 1.03. The lowest BCUT2D eigenvalue weighted by Crippen LogP contribution is -2.24. The number of nitrogens with one attached hydrogen (secondary N) is 1. The SMILES string of the molecule is Cc1nccn1-c1ccc(C(=O)CNc2nc(-c3ccncn3)cc(=O)n2C)cc1. The standard InChI is InChI=1S/C21H19N7O2/c1-14-23-9-10-28(14)16-5-3-15(4-6-16)19(29)12-24-21-26-18(11-20(30)27(21)2)17-7-8-22-13-25-17/h3-11,13H,12H2,1-2H3,(H,24,26). The topological polar surface area (TPSA) is 108 Å². The van der Waals surface area contributed by atoms with Crippen molar-refractivity contribution in [3.8, 4) is 17.1 Å². The Hall–Kier alpha value is -4.14. The zero-order valence-corrected chi connectivity index (χ0v) is 16.5. The maximum atomic E-state index is 12.6. The molecular weight excluding hydrogens is 382 g/mol. The lowest BCUT2D eigenvalue weighted by atomic mass is 10.1. The molecule has 0 atom stereocenters. The molecule has 1 N–H and O–H groups in total. The fraction of sp³-hybridized carbons (Fsp3) is 0.143. The van der Waals surface area contributed by atoms with Crippen LogP contribution in [-0.2, 0) is 7.05 Å². The van der Waals surface area contributed by atoms with Crippen molar-refractivity contribution in [3.63, 3.8) is 0 Å². The average molecular weight is 401 g/mol. The van der Waals surface area contributed by atoms with Crippen LogP contribution in [0.1, 0.15) is 16.2 Å². The van der Waals surface area contributed by atoms with Crippen LogP contribution in [0.2, 0.25) is 0 Å². The van der Waals surface area contributed by atoms with Crippen molar-refractivity contribution in [2.75, 3.05) is 11.9 Å². The van der Waals surface area contributed by atoms with E-state index in [2.05, 4.69) is 25.3 Å². The quantitative estimate of drug-likeness (QED) is 0.493. The van der Waals surface area contributed by atoms with E-state index < -0.39 is 0 Å². The third kappa shape index (κ3) is 3.86. The number of anilines is 1. The number of nitrogens with zero attached hydrogens (tertiary/aromatic N) is 6. The molecule has 4 rings (SSSR count). The van der Waals surface area contributed by atoms with Gasteiger partial charge < -0.3 is 9.88 Å². The zero-order chi connectivity index (χ0) is 21.1. The van der Waals surface area contributed by atoms with E-state index >= 15 is 0 Å². The van der Waals surface area contributed by atoms with E-state index in [0.717, 1.165) is 11.5 Å². The summed E-state index contributed by atoms with van der Waals surface area (Å²) in [5.41, 5.74) is 2.17. The number of carbonyl (C=O) groups excluding carboxylic acids is 1. The van der Waals surface area contributed by atoms with Crippen LogP contribution in [0.15, 0.2) is 66.1 Å². The Morgan fingerprint density at radius 1 is 1.07 bits per heavy atom. The van der Waals surface area contributed by atoms with E-state index in [9.17, 15) is 9.59 Å². The zero-order valence-electron chi connectivity index (χ0n) is 16.5. The summed E-state index contributed by atoms with van der Waals surface area (Å²) in [5, 5.41) is 2.96. The van der Waals surface area contributed by atoms with Gasteiger partial charge in [-0.25, -0.2) is 19.9 Å². The van der Waals surface area contributed by atoms with E-state index in [0.29, 0.717) is 17.0 Å². The molecule has 1 aromatic carbocycles. The maximum absolute atomic E-state index is 12.6. The molecule has 0 aliphatic carbocycles. The largest absolute Gasteiger partial charge is 0.348 e. The molecule has 4 aromatic rings. The summed E-state index contributed by atoms with van der Waals surface area (Å²) < 4.78 is 3.29. The summed E-state index contributed by atoms with van der Waals surface area (Å²) in [6.45, 7) is 1.91. The van der Waals surface area contributed by atoms with Crippen LogP contribution in [0, 0.1) is 6.92 Å². The molecule has 0 spiro atoms. The van der Waals surface area contributed by atoms with Crippen LogP contribution in [-0.4, -0.2) is 41.4 Å². The minimum atomic E-state index is -0.256. The molecule has 0 saturated carbocycles. The summed E-state index contributed by atoms with van der Waals surface area (Å²) >= 11 is 0. The normalized spacial score (nSPS) is 10.7. The number of Topliss-reactive ketones (excluding diaryl/α,β-unsaturated/α-hetero) is 1. The number of benzene rings is 1. The highest BCUT2D eigenvalue weighted by Crippen LogP contribution is 2.14. The number of rotatable bonds is 6. The molecule has 150 valence electrons. The molecule has 0 fully saturated rings. The van der Waals surface area contributed by atoms with Crippen molar-refractivity contribution in [3.05, 3.63) is 83.1 Å². The fourth-order valence-corrected chi connectivity index (χ4v) is 2.99. The minimum absolute atomic E-state index is 0.00302. The molecule has 0 unspecified atom stereocenters. The molecule has 30 heavy (non-hydrogen) atoms. The first-order chi connectivity index (χ1) is 14.5. The first-order valence-corrected chi connectivity index (χ1v) is 9.25. The van der Waals surface area contributed by atoms with Gasteiger partial charge in [0.15, 0.2) is 5.78 Å². The van der Waals surface area contributed by atoms with Crippen molar-refractivity contribution >= 4 is 11.7 Å². The number of hydrogen-bond donors (Lipinski definition) is 1. The third-order valence-corrected chi connectivity index (χ3v) is 4.68. The fourth-order valence-electron chi connectivity index (χ4n) is 2.99. The van der Waals surface area contributed by atoms with Crippen LogP contribution in [0.25, 0.3) is 17.1 Å². The number of ketones is 1. The van der Waals surface area contributed by atoms with Gasteiger partial charge >= 0.3 is 0 Å². The van der Waals surface area contributed by atoms with Gasteiger partial charge in [-0.1, -0.05) is 0 Å². The van der Waals surface area contributed by atoms with Crippen LogP contribution in [0.3, 0.4) is 0 Å². The Balaban J connectivity index is 1.51. The molecule has 0 radical (unpaired) electrons. The first-order valence-electron chi connectivity index (χ1n) is 9.25. The van der Waals surface area contributed by atoms with Crippen molar-refractivity contribution in [2.45, 2.75) is 6.92 Å². The van der Waals surface area contributed by atoms with Gasteiger partial charge in [0.2, 0.25) is 5.95 Å². The van der Waals surface area contributed by atoms with Gasteiger partial charge in [0.25, 0.3) is 5.56 Å². The Morgan fingerprint density at radius 3 is 2.53 bits per heavy atom. The van der Waals surface area contributed by atoms with Gasteiger partial charge in [0.1, 0.15) is 12.2 Å². The smallest absolute Gasteiger partial charge is 0.255 e. The van der Waals surface area contributed by atoms with Crippen molar-refractivity contribution in [1.29, 1.82) is 0 Å². The second-order valence-electron chi connectivity index (χ2n) is 6.62. The molecule has 9 nitrogen and oxygen atoms in total. The lowest BCUT2D eigenvalue weighted by Gasteiger charge is -2.11. The highest BCUT2D eigenvalue weighted by Gasteiger charge is 2.11. The summed E-state index contributed by atoms with van der Waals surface area (Å²) in [7, 11) is 1.59. The van der Waals surface area contributed by atoms with Gasteiger partial charge in [-0.05, 0) is 37.3 Å². The van der Waals surface area contributed by atoms with Crippen molar-refractivity contribution in [2.24, 2.45) is 7.05 Å². The van der Waals surface area contributed by atoms with Gasteiger partial charge in [0, 0.05) is 43.0 Å². The van der Waals surface area contributed by atoms with Crippen LogP contribution >= 0.6 is 0 Å². The minimum Gasteiger partial charge on any atom is -0.348 e.